The summed E-state index contributed by atoms with van der Waals surface area (Å²) in [7, 11) is 1.39. The van der Waals surface area contributed by atoms with Crippen LogP contribution in [0.1, 0.15) is 20.3 Å². The lowest BCUT2D eigenvalue weighted by Crippen LogP contribution is -2.29. The lowest BCUT2D eigenvalue weighted by atomic mass is 10.2. The van der Waals surface area contributed by atoms with Crippen LogP contribution in [0.4, 0.5) is 5.69 Å². The van der Waals surface area contributed by atoms with Crippen molar-refractivity contribution in [3.63, 3.8) is 0 Å². The van der Waals surface area contributed by atoms with Crippen LogP contribution in [0.25, 0.3) is 0 Å². The van der Waals surface area contributed by atoms with Gasteiger partial charge in [-0.05, 0) is 37.6 Å². The SMILES string of the molecule is CCOc1ccc(NC(CC)C(=O)OC)cc1. The summed E-state index contributed by atoms with van der Waals surface area (Å²) in [5.74, 6) is 0.575. The second-order valence-electron chi connectivity index (χ2n) is 3.59. The molecule has 17 heavy (non-hydrogen) atoms. The predicted molar refractivity (Wildman–Crippen MR) is 67.3 cm³/mol. The van der Waals surface area contributed by atoms with E-state index in [0.717, 1.165) is 11.4 Å². The van der Waals surface area contributed by atoms with Crippen molar-refractivity contribution in [2.45, 2.75) is 26.3 Å². The van der Waals surface area contributed by atoms with Gasteiger partial charge in [-0.2, -0.15) is 0 Å². The van der Waals surface area contributed by atoms with Gasteiger partial charge in [-0.1, -0.05) is 6.92 Å². The van der Waals surface area contributed by atoms with E-state index < -0.39 is 0 Å². The van der Waals surface area contributed by atoms with E-state index in [-0.39, 0.29) is 12.0 Å². The number of carbonyl (C=O) groups excluding carboxylic acids is 1. The molecule has 0 aliphatic heterocycles. The highest BCUT2D eigenvalue weighted by atomic mass is 16.5. The van der Waals surface area contributed by atoms with Crippen molar-refractivity contribution < 1.29 is 14.3 Å². The summed E-state index contributed by atoms with van der Waals surface area (Å²) in [5.41, 5.74) is 0.880. The van der Waals surface area contributed by atoms with Gasteiger partial charge < -0.3 is 14.8 Å². The normalized spacial score (nSPS) is 11.7. The third kappa shape index (κ3) is 3.98. The zero-order chi connectivity index (χ0) is 12.7. The molecule has 0 spiro atoms. The first kappa shape index (κ1) is 13.4. The van der Waals surface area contributed by atoms with Gasteiger partial charge >= 0.3 is 5.97 Å². The van der Waals surface area contributed by atoms with Crippen molar-refractivity contribution in [1.29, 1.82) is 0 Å². The van der Waals surface area contributed by atoms with E-state index in [0.29, 0.717) is 13.0 Å². The Morgan fingerprint density at radius 1 is 1.29 bits per heavy atom. The summed E-state index contributed by atoms with van der Waals surface area (Å²) < 4.78 is 10.1. The molecule has 0 heterocycles. The van der Waals surface area contributed by atoms with Crippen molar-refractivity contribution in [1.82, 2.24) is 0 Å². The average molecular weight is 237 g/mol. The summed E-state index contributed by atoms with van der Waals surface area (Å²) in [6.07, 6.45) is 0.680. The van der Waals surface area contributed by atoms with E-state index in [4.69, 9.17) is 9.47 Å². The Balaban J connectivity index is 2.64. The van der Waals surface area contributed by atoms with Gasteiger partial charge in [0.05, 0.1) is 13.7 Å². The number of nitrogens with one attached hydrogen (secondary N) is 1. The molecule has 1 N–H and O–H groups in total. The smallest absolute Gasteiger partial charge is 0.328 e. The molecule has 1 unspecified atom stereocenters. The first-order chi connectivity index (χ1) is 8.21. The Morgan fingerprint density at radius 3 is 2.41 bits per heavy atom. The molecular formula is C13H19NO3. The molecule has 0 amide bonds. The highest BCUT2D eigenvalue weighted by Gasteiger charge is 2.16. The Bertz CT molecular complexity index is 348. The highest BCUT2D eigenvalue weighted by molar-refractivity contribution is 5.79. The minimum Gasteiger partial charge on any atom is -0.494 e. The van der Waals surface area contributed by atoms with E-state index >= 15 is 0 Å². The van der Waals surface area contributed by atoms with E-state index in [1.165, 1.54) is 7.11 Å². The van der Waals surface area contributed by atoms with Gasteiger partial charge in [0.15, 0.2) is 0 Å². The van der Waals surface area contributed by atoms with Crippen molar-refractivity contribution in [3.8, 4) is 5.75 Å². The van der Waals surface area contributed by atoms with Crippen LogP contribution in [0.3, 0.4) is 0 Å². The van der Waals surface area contributed by atoms with Crippen LogP contribution < -0.4 is 10.1 Å². The third-order valence-corrected chi connectivity index (χ3v) is 2.40. The number of hydrogen-bond donors (Lipinski definition) is 1. The number of methoxy groups -OCH3 is 1. The van der Waals surface area contributed by atoms with Gasteiger partial charge in [0.1, 0.15) is 11.8 Å². The number of ether oxygens (including phenoxy) is 2. The molecule has 0 radical (unpaired) electrons. The first-order valence-corrected chi connectivity index (χ1v) is 5.78. The quantitative estimate of drug-likeness (QED) is 0.772. The molecule has 0 saturated heterocycles. The topological polar surface area (TPSA) is 47.6 Å². The first-order valence-electron chi connectivity index (χ1n) is 5.78. The molecule has 1 aromatic rings. The minimum absolute atomic E-state index is 0.249. The Morgan fingerprint density at radius 2 is 1.94 bits per heavy atom. The van der Waals surface area contributed by atoms with Gasteiger partial charge in [-0.15, -0.1) is 0 Å². The van der Waals surface area contributed by atoms with E-state index in [9.17, 15) is 4.79 Å². The molecule has 4 heteroatoms. The number of hydrogen-bond acceptors (Lipinski definition) is 4. The van der Waals surface area contributed by atoms with E-state index in [1.807, 2.05) is 38.1 Å². The standard InChI is InChI=1S/C13H19NO3/c1-4-12(13(15)16-3)14-10-6-8-11(9-7-10)17-5-2/h6-9,12,14H,4-5H2,1-3H3. The van der Waals surface area contributed by atoms with Gasteiger partial charge in [-0.25, -0.2) is 4.79 Å². The molecule has 0 aromatic heterocycles. The molecule has 0 fully saturated rings. The van der Waals surface area contributed by atoms with Crippen LogP contribution in [0.15, 0.2) is 24.3 Å². The summed E-state index contributed by atoms with van der Waals surface area (Å²) in [6.45, 7) is 4.52. The molecule has 1 atom stereocenters. The van der Waals surface area contributed by atoms with Gasteiger partial charge in [-0.3, -0.25) is 0 Å². The molecule has 94 valence electrons. The van der Waals surface area contributed by atoms with Gasteiger partial charge in [0.2, 0.25) is 0 Å². The summed E-state index contributed by atoms with van der Waals surface area (Å²) in [6, 6.07) is 7.21. The maximum absolute atomic E-state index is 11.4. The number of anilines is 1. The number of benzene rings is 1. The lowest BCUT2D eigenvalue weighted by Gasteiger charge is -2.15. The largest absolute Gasteiger partial charge is 0.494 e. The summed E-state index contributed by atoms with van der Waals surface area (Å²) >= 11 is 0. The predicted octanol–water partition coefficient (Wildman–Crippen LogP) is 2.45. The molecule has 0 aliphatic carbocycles. The minimum atomic E-state index is -0.307. The van der Waals surface area contributed by atoms with Gasteiger partial charge in [0, 0.05) is 5.69 Å². The van der Waals surface area contributed by atoms with Crippen LogP contribution in [0, 0.1) is 0 Å². The van der Waals surface area contributed by atoms with Crippen molar-refractivity contribution >= 4 is 11.7 Å². The maximum atomic E-state index is 11.4. The van der Waals surface area contributed by atoms with Crippen LogP contribution in [0.5, 0.6) is 5.75 Å². The van der Waals surface area contributed by atoms with Crippen LogP contribution in [0.2, 0.25) is 0 Å². The highest BCUT2D eigenvalue weighted by Crippen LogP contribution is 2.17. The lowest BCUT2D eigenvalue weighted by molar-refractivity contribution is -0.141. The van der Waals surface area contributed by atoms with Crippen LogP contribution in [-0.4, -0.2) is 25.7 Å². The number of carbonyl (C=O) groups is 1. The molecule has 4 nitrogen and oxygen atoms in total. The zero-order valence-corrected chi connectivity index (χ0v) is 10.5. The molecule has 1 rings (SSSR count). The Hall–Kier alpha value is -1.71. The van der Waals surface area contributed by atoms with Crippen molar-refractivity contribution in [3.05, 3.63) is 24.3 Å². The third-order valence-electron chi connectivity index (χ3n) is 2.40. The molecule has 1 aromatic carbocycles. The number of esters is 1. The molecule has 0 aliphatic rings. The second kappa shape index (κ2) is 6.78. The maximum Gasteiger partial charge on any atom is 0.328 e. The van der Waals surface area contributed by atoms with E-state index in [2.05, 4.69) is 5.32 Å². The summed E-state index contributed by atoms with van der Waals surface area (Å²) in [4.78, 5) is 11.4. The second-order valence-corrected chi connectivity index (χ2v) is 3.59. The van der Waals surface area contributed by atoms with Crippen molar-refractivity contribution in [2.75, 3.05) is 19.0 Å². The zero-order valence-electron chi connectivity index (χ0n) is 10.5. The summed E-state index contributed by atoms with van der Waals surface area (Å²) in [5, 5.41) is 3.12. The Kier molecular flexibility index (Phi) is 5.33. The van der Waals surface area contributed by atoms with E-state index in [1.54, 1.807) is 0 Å². The fraction of sp³-hybridized carbons (Fsp3) is 0.462. The number of rotatable bonds is 6. The van der Waals surface area contributed by atoms with Gasteiger partial charge in [0.25, 0.3) is 0 Å². The van der Waals surface area contributed by atoms with Crippen LogP contribution in [-0.2, 0) is 9.53 Å². The average Bonchev–Trinajstić information content (AvgIpc) is 2.37. The monoisotopic (exact) mass is 237 g/mol. The van der Waals surface area contributed by atoms with Crippen LogP contribution >= 0.6 is 0 Å². The van der Waals surface area contributed by atoms with Crippen molar-refractivity contribution in [2.24, 2.45) is 0 Å². The fourth-order valence-corrected chi connectivity index (χ4v) is 1.49. The molecule has 0 bridgehead atoms. The fourth-order valence-electron chi connectivity index (χ4n) is 1.49. The Labute approximate surface area is 102 Å². The molecular weight excluding hydrogens is 218 g/mol. The molecule has 0 saturated carbocycles.